The van der Waals surface area contributed by atoms with Gasteiger partial charge in [0.15, 0.2) is 17.5 Å². The smallest absolute Gasteiger partial charge is 0.211 e. The Morgan fingerprint density at radius 3 is 2.21 bits per heavy atom. The Balaban J connectivity index is 3.31. The van der Waals surface area contributed by atoms with Crippen molar-refractivity contribution in [3.63, 3.8) is 0 Å². The molecule has 0 radical (unpaired) electrons. The molecule has 0 saturated heterocycles. The number of aromatic hydroxyl groups is 1. The Hall–Kier alpha value is -1.05. The topological polar surface area (TPSA) is 24.1 Å². The fourth-order valence-electron chi connectivity index (χ4n) is 1.59. The van der Waals surface area contributed by atoms with Crippen LogP contribution in [-0.2, 0) is 0 Å². The highest BCUT2D eigenvalue weighted by atomic mass is 16.3. The van der Waals surface area contributed by atoms with Crippen LogP contribution in [-0.4, -0.2) is 5.11 Å². The van der Waals surface area contributed by atoms with Gasteiger partial charge >= 0.3 is 0 Å². The molecule has 1 heterocycles. The van der Waals surface area contributed by atoms with Gasteiger partial charge in [0.2, 0.25) is 6.20 Å². The van der Waals surface area contributed by atoms with Crippen molar-refractivity contribution in [2.75, 3.05) is 0 Å². The van der Waals surface area contributed by atoms with E-state index < -0.39 is 0 Å². The molecule has 78 valence electrons. The highest BCUT2D eigenvalue weighted by Crippen LogP contribution is 2.19. The molecule has 2 heteroatoms. The predicted molar refractivity (Wildman–Crippen MR) is 57.5 cm³/mol. The highest BCUT2D eigenvalue weighted by molar-refractivity contribution is 5.27. The molecule has 0 saturated carbocycles. The summed E-state index contributed by atoms with van der Waals surface area (Å²) in [7, 11) is 0. The van der Waals surface area contributed by atoms with Gasteiger partial charge < -0.3 is 5.11 Å². The van der Waals surface area contributed by atoms with Gasteiger partial charge in [-0.25, -0.2) is 0 Å². The monoisotopic (exact) mass is 194 g/mol. The summed E-state index contributed by atoms with van der Waals surface area (Å²) >= 11 is 0. The van der Waals surface area contributed by atoms with Crippen molar-refractivity contribution in [3.05, 3.63) is 23.5 Å². The van der Waals surface area contributed by atoms with E-state index in [0.29, 0.717) is 17.7 Å². The summed E-state index contributed by atoms with van der Waals surface area (Å²) in [5.41, 5.74) is 2.22. The second kappa shape index (κ2) is 3.99. The minimum atomic E-state index is 0.378. The summed E-state index contributed by atoms with van der Waals surface area (Å²) in [5, 5.41) is 9.63. The van der Waals surface area contributed by atoms with Gasteiger partial charge in [-0.1, -0.05) is 13.8 Å². The van der Waals surface area contributed by atoms with Crippen LogP contribution in [0.5, 0.6) is 5.75 Å². The van der Waals surface area contributed by atoms with Crippen LogP contribution in [0.1, 0.15) is 50.9 Å². The molecule has 0 bridgehead atoms. The lowest BCUT2D eigenvalue weighted by atomic mass is 10.1. The van der Waals surface area contributed by atoms with E-state index >= 15 is 0 Å². The zero-order valence-corrected chi connectivity index (χ0v) is 9.70. The lowest BCUT2D eigenvalue weighted by Gasteiger charge is -2.11. The van der Waals surface area contributed by atoms with Crippen LogP contribution < -0.4 is 4.57 Å². The van der Waals surface area contributed by atoms with Gasteiger partial charge in [-0.2, -0.15) is 4.57 Å². The van der Waals surface area contributed by atoms with E-state index in [9.17, 15) is 5.11 Å². The van der Waals surface area contributed by atoms with Crippen molar-refractivity contribution >= 4 is 0 Å². The van der Waals surface area contributed by atoms with Gasteiger partial charge in [0, 0.05) is 17.5 Å². The number of hydrogen-bond donors (Lipinski definition) is 1. The van der Waals surface area contributed by atoms with Crippen LogP contribution in [0.2, 0.25) is 0 Å². The molecule has 1 aromatic heterocycles. The summed E-state index contributed by atoms with van der Waals surface area (Å²) < 4.78 is 2.13. The molecule has 1 aromatic rings. The third kappa shape index (κ3) is 2.06. The van der Waals surface area contributed by atoms with E-state index in [2.05, 4.69) is 38.3 Å². The van der Waals surface area contributed by atoms with Crippen LogP contribution in [0.3, 0.4) is 0 Å². The van der Waals surface area contributed by atoms with Crippen molar-refractivity contribution in [2.24, 2.45) is 0 Å². The van der Waals surface area contributed by atoms with E-state index in [1.807, 2.05) is 13.1 Å². The maximum Gasteiger partial charge on any atom is 0.211 e. The third-order valence-corrected chi connectivity index (χ3v) is 2.48. The molecule has 0 aliphatic rings. The van der Waals surface area contributed by atoms with Crippen molar-refractivity contribution in [1.82, 2.24) is 0 Å². The van der Waals surface area contributed by atoms with E-state index in [1.165, 1.54) is 5.69 Å². The van der Waals surface area contributed by atoms with Crippen LogP contribution >= 0.6 is 0 Å². The predicted octanol–water partition coefficient (Wildman–Crippen LogP) is 2.69. The van der Waals surface area contributed by atoms with E-state index in [4.69, 9.17) is 0 Å². The normalized spacial score (nSPS) is 11.4. The summed E-state index contributed by atoms with van der Waals surface area (Å²) in [6, 6.07) is 2.46. The molecular formula is C12H20NO+. The van der Waals surface area contributed by atoms with Crippen molar-refractivity contribution in [1.29, 1.82) is 0 Å². The SMILES string of the molecule is Cc1cc(C(C)C)[n+](C(C)C)cc1O. The first-order valence-corrected chi connectivity index (χ1v) is 5.18. The van der Waals surface area contributed by atoms with Gasteiger partial charge in [-0.05, 0) is 20.8 Å². The molecular weight excluding hydrogens is 174 g/mol. The molecule has 14 heavy (non-hydrogen) atoms. The first kappa shape index (κ1) is 11.0. The number of aryl methyl sites for hydroxylation is 1. The fraction of sp³-hybridized carbons (Fsp3) is 0.583. The van der Waals surface area contributed by atoms with Gasteiger partial charge in [0.05, 0.1) is 0 Å². The molecule has 0 fully saturated rings. The second-order valence-corrected chi connectivity index (χ2v) is 4.42. The van der Waals surface area contributed by atoms with Crippen LogP contribution in [0.15, 0.2) is 12.3 Å². The molecule has 0 aliphatic carbocycles. The van der Waals surface area contributed by atoms with Crippen molar-refractivity contribution < 1.29 is 9.67 Å². The average Bonchev–Trinajstić information content (AvgIpc) is 2.08. The summed E-state index contributed by atoms with van der Waals surface area (Å²) in [5.74, 6) is 0.861. The third-order valence-electron chi connectivity index (χ3n) is 2.48. The largest absolute Gasteiger partial charge is 0.503 e. The first-order chi connectivity index (χ1) is 6.43. The molecule has 0 aliphatic heterocycles. The lowest BCUT2D eigenvalue weighted by molar-refractivity contribution is -0.724. The quantitative estimate of drug-likeness (QED) is 0.719. The second-order valence-electron chi connectivity index (χ2n) is 4.42. The number of aromatic nitrogens is 1. The number of rotatable bonds is 2. The van der Waals surface area contributed by atoms with Crippen LogP contribution in [0.4, 0.5) is 0 Å². The maximum atomic E-state index is 9.63. The first-order valence-electron chi connectivity index (χ1n) is 5.18. The zero-order chi connectivity index (χ0) is 10.9. The van der Waals surface area contributed by atoms with Gasteiger partial charge in [0.25, 0.3) is 0 Å². The molecule has 0 atom stereocenters. The summed E-state index contributed by atoms with van der Waals surface area (Å²) in [4.78, 5) is 0. The van der Waals surface area contributed by atoms with Crippen molar-refractivity contribution in [3.8, 4) is 5.75 Å². The molecule has 1 N–H and O–H groups in total. The van der Waals surface area contributed by atoms with Crippen LogP contribution in [0, 0.1) is 6.92 Å². The van der Waals surface area contributed by atoms with Gasteiger partial charge in [-0.3, -0.25) is 0 Å². The number of pyridine rings is 1. The molecule has 0 aromatic carbocycles. The molecule has 0 unspecified atom stereocenters. The molecule has 1 rings (SSSR count). The Morgan fingerprint density at radius 1 is 1.21 bits per heavy atom. The van der Waals surface area contributed by atoms with Crippen molar-refractivity contribution in [2.45, 2.75) is 46.6 Å². The number of nitrogens with zero attached hydrogens (tertiary/aromatic N) is 1. The van der Waals surface area contributed by atoms with Crippen LogP contribution in [0.25, 0.3) is 0 Å². The minimum absolute atomic E-state index is 0.378. The fourth-order valence-corrected chi connectivity index (χ4v) is 1.59. The Bertz CT molecular complexity index is 296. The van der Waals surface area contributed by atoms with E-state index in [0.717, 1.165) is 5.56 Å². The van der Waals surface area contributed by atoms with Gasteiger partial charge in [-0.15, -0.1) is 0 Å². The highest BCUT2D eigenvalue weighted by Gasteiger charge is 2.19. The standard InChI is InChI=1S/C12H19NO/c1-8(2)11-6-10(5)12(14)7-13(11)9(3)4/h6-9H,1-5H3/p+1. The minimum Gasteiger partial charge on any atom is -0.503 e. The summed E-state index contributed by atoms with van der Waals surface area (Å²) in [6.45, 7) is 10.5. The molecule has 0 spiro atoms. The number of hydrogen-bond acceptors (Lipinski definition) is 1. The van der Waals surface area contributed by atoms with E-state index in [-0.39, 0.29) is 0 Å². The Labute approximate surface area is 86.2 Å². The van der Waals surface area contributed by atoms with Gasteiger partial charge in [0.1, 0.15) is 0 Å². The average molecular weight is 194 g/mol. The maximum absolute atomic E-state index is 9.63. The Morgan fingerprint density at radius 2 is 1.79 bits per heavy atom. The van der Waals surface area contributed by atoms with E-state index in [1.54, 1.807) is 0 Å². The zero-order valence-electron chi connectivity index (χ0n) is 9.70. The molecule has 2 nitrogen and oxygen atoms in total. The molecule has 0 amide bonds. The lowest BCUT2D eigenvalue weighted by Crippen LogP contribution is -2.40. The summed E-state index contributed by atoms with van der Waals surface area (Å²) in [6.07, 6.45) is 1.83. The Kier molecular flexibility index (Phi) is 3.14.